The molecule has 0 bridgehead atoms. The first-order valence-electron chi connectivity index (χ1n) is 6.54. The number of nitrogens with one attached hydrogen (secondary N) is 1. The molecule has 0 saturated heterocycles. The lowest BCUT2D eigenvalue weighted by Gasteiger charge is -2.10. The fourth-order valence-electron chi connectivity index (χ4n) is 1.88. The van der Waals surface area contributed by atoms with Gasteiger partial charge in [0.1, 0.15) is 5.75 Å². The van der Waals surface area contributed by atoms with Gasteiger partial charge in [0, 0.05) is 17.3 Å². The van der Waals surface area contributed by atoms with Gasteiger partial charge < -0.3 is 15.8 Å². The summed E-state index contributed by atoms with van der Waals surface area (Å²) in [6.07, 6.45) is 0. The Morgan fingerprint density at radius 2 is 1.95 bits per heavy atom. The lowest BCUT2D eigenvalue weighted by atomic mass is 10.1. The van der Waals surface area contributed by atoms with Gasteiger partial charge in [0.2, 0.25) is 0 Å². The van der Waals surface area contributed by atoms with E-state index in [1.807, 2.05) is 49.4 Å². The summed E-state index contributed by atoms with van der Waals surface area (Å²) in [6, 6.07) is 13.2. The van der Waals surface area contributed by atoms with E-state index in [2.05, 4.69) is 5.32 Å². The third kappa shape index (κ3) is 4.68. The van der Waals surface area contributed by atoms with Gasteiger partial charge in [-0.3, -0.25) is 4.79 Å². The van der Waals surface area contributed by atoms with Crippen LogP contribution in [0.15, 0.2) is 42.5 Å². The molecule has 4 nitrogen and oxygen atoms in total. The molecule has 110 valence electrons. The molecule has 1 amide bonds. The molecule has 0 fully saturated rings. The summed E-state index contributed by atoms with van der Waals surface area (Å²) in [5, 5.41) is 4.08. The minimum Gasteiger partial charge on any atom is -0.484 e. The van der Waals surface area contributed by atoms with Gasteiger partial charge in [0.25, 0.3) is 5.91 Å². The third-order valence-electron chi connectivity index (χ3n) is 2.98. The fourth-order valence-corrected chi connectivity index (χ4v) is 2.11. The third-order valence-corrected chi connectivity index (χ3v) is 3.21. The van der Waals surface area contributed by atoms with Gasteiger partial charge in [0.15, 0.2) is 6.61 Å². The summed E-state index contributed by atoms with van der Waals surface area (Å²) in [7, 11) is 0. The predicted molar refractivity (Wildman–Crippen MR) is 84.6 cm³/mol. The molecule has 0 aliphatic carbocycles. The van der Waals surface area contributed by atoms with E-state index < -0.39 is 5.91 Å². The monoisotopic (exact) mass is 304 g/mol. The maximum atomic E-state index is 10.6. The van der Waals surface area contributed by atoms with Crippen LogP contribution in [0.4, 0.5) is 5.69 Å². The Hall–Kier alpha value is -2.20. The number of ether oxygens (including phenoxy) is 1. The number of hydrogen-bond donors (Lipinski definition) is 2. The van der Waals surface area contributed by atoms with E-state index in [-0.39, 0.29) is 6.61 Å². The van der Waals surface area contributed by atoms with Crippen molar-refractivity contribution in [3.05, 3.63) is 58.6 Å². The van der Waals surface area contributed by atoms with Crippen LogP contribution in [0.5, 0.6) is 5.75 Å². The lowest BCUT2D eigenvalue weighted by molar-refractivity contribution is -0.119. The average molecular weight is 305 g/mol. The second-order valence-electron chi connectivity index (χ2n) is 4.71. The number of nitrogens with two attached hydrogens (primary N) is 1. The number of amides is 1. The first-order chi connectivity index (χ1) is 10.0. The minimum absolute atomic E-state index is 0.110. The molecule has 0 spiro atoms. The van der Waals surface area contributed by atoms with Gasteiger partial charge in [-0.1, -0.05) is 23.7 Å². The van der Waals surface area contributed by atoms with Crippen LogP contribution in [-0.4, -0.2) is 12.5 Å². The van der Waals surface area contributed by atoms with Gasteiger partial charge in [-0.2, -0.15) is 0 Å². The Morgan fingerprint density at radius 3 is 2.57 bits per heavy atom. The van der Waals surface area contributed by atoms with Gasteiger partial charge in [-0.25, -0.2) is 0 Å². The smallest absolute Gasteiger partial charge is 0.255 e. The molecule has 0 heterocycles. The summed E-state index contributed by atoms with van der Waals surface area (Å²) >= 11 is 5.93. The van der Waals surface area contributed by atoms with E-state index in [4.69, 9.17) is 22.1 Å². The van der Waals surface area contributed by atoms with Crippen molar-refractivity contribution in [3.8, 4) is 5.75 Å². The first-order valence-corrected chi connectivity index (χ1v) is 6.92. The second-order valence-corrected chi connectivity index (χ2v) is 5.15. The molecule has 21 heavy (non-hydrogen) atoms. The zero-order chi connectivity index (χ0) is 15.2. The quantitative estimate of drug-likeness (QED) is 0.862. The number of hydrogen-bond acceptors (Lipinski definition) is 3. The van der Waals surface area contributed by atoms with Crippen LogP contribution in [0.25, 0.3) is 0 Å². The number of rotatable bonds is 6. The number of aryl methyl sites for hydroxylation is 1. The van der Waals surface area contributed by atoms with E-state index >= 15 is 0 Å². The van der Waals surface area contributed by atoms with Gasteiger partial charge in [-0.15, -0.1) is 0 Å². The molecular formula is C16H17ClN2O2. The van der Waals surface area contributed by atoms with E-state index in [0.717, 1.165) is 21.8 Å². The van der Waals surface area contributed by atoms with Crippen molar-refractivity contribution in [2.24, 2.45) is 5.73 Å². The van der Waals surface area contributed by atoms with E-state index in [1.54, 1.807) is 0 Å². The van der Waals surface area contributed by atoms with Crippen LogP contribution in [-0.2, 0) is 11.3 Å². The van der Waals surface area contributed by atoms with Crippen LogP contribution in [0.2, 0.25) is 5.02 Å². The Labute approximate surface area is 128 Å². The molecule has 2 rings (SSSR count). The largest absolute Gasteiger partial charge is 0.484 e. The summed E-state index contributed by atoms with van der Waals surface area (Å²) in [6.45, 7) is 2.59. The number of halogens is 1. The van der Waals surface area contributed by atoms with Crippen molar-refractivity contribution >= 4 is 23.2 Å². The summed E-state index contributed by atoms with van der Waals surface area (Å²) in [4.78, 5) is 10.6. The van der Waals surface area contributed by atoms with Gasteiger partial charge >= 0.3 is 0 Å². The molecule has 0 radical (unpaired) electrons. The normalized spacial score (nSPS) is 10.2. The average Bonchev–Trinajstić information content (AvgIpc) is 2.45. The Morgan fingerprint density at radius 1 is 1.24 bits per heavy atom. The molecule has 0 aliphatic rings. The van der Waals surface area contributed by atoms with Crippen molar-refractivity contribution in [3.63, 3.8) is 0 Å². The highest BCUT2D eigenvalue weighted by Crippen LogP contribution is 2.20. The first kappa shape index (κ1) is 15.2. The second kappa shape index (κ2) is 6.99. The number of benzene rings is 2. The Kier molecular flexibility index (Phi) is 5.06. The molecule has 0 atom stereocenters. The van der Waals surface area contributed by atoms with Crippen LogP contribution in [0, 0.1) is 6.92 Å². The van der Waals surface area contributed by atoms with E-state index in [9.17, 15) is 4.79 Å². The highest BCUT2D eigenvalue weighted by atomic mass is 35.5. The molecule has 3 N–H and O–H groups in total. The molecule has 0 aromatic heterocycles. The zero-order valence-corrected chi connectivity index (χ0v) is 12.5. The number of carbonyl (C=O) groups excluding carboxylic acids is 1. The minimum atomic E-state index is -0.487. The van der Waals surface area contributed by atoms with Crippen molar-refractivity contribution in [1.29, 1.82) is 0 Å². The summed E-state index contributed by atoms with van der Waals surface area (Å²) in [5.74, 6) is 0.138. The Bertz CT molecular complexity index is 627. The maximum absolute atomic E-state index is 10.6. The zero-order valence-electron chi connectivity index (χ0n) is 11.7. The molecular weight excluding hydrogens is 288 g/mol. The number of primary amides is 1. The van der Waals surface area contributed by atoms with Crippen molar-refractivity contribution in [2.75, 3.05) is 11.9 Å². The highest BCUT2D eigenvalue weighted by molar-refractivity contribution is 6.30. The van der Waals surface area contributed by atoms with Crippen molar-refractivity contribution in [1.82, 2.24) is 0 Å². The Balaban J connectivity index is 1.92. The topological polar surface area (TPSA) is 64.3 Å². The molecule has 0 saturated carbocycles. The summed E-state index contributed by atoms with van der Waals surface area (Å²) < 4.78 is 5.21. The van der Waals surface area contributed by atoms with E-state index in [1.165, 1.54) is 0 Å². The summed E-state index contributed by atoms with van der Waals surface area (Å²) in [5.41, 5.74) is 8.28. The number of anilines is 1. The molecule has 0 unspecified atom stereocenters. The van der Waals surface area contributed by atoms with Gasteiger partial charge in [0.05, 0.1) is 0 Å². The lowest BCUT2D eigenvalue weighted by Crippen LogP contribution is -2.19. The molecule has 2 aromatic rings. The van der Waals surface area contributed by atoms with Crippen LogP contribution in [0.3, 0.4) is 0 Å². The fraction of sp³-hybridized carbons (Fsp3) is 0.188. The molecule has 0 aliphatic heterocycles. The maximum Gasteiger partial charge on any atom is 0.255 e. The predicted octanol–water partition coefficient (Wildman–Crippen LogP) is 3.12. The number of carbonyl (C=O) groups is 1. The van der Waals surface area contributed by atoms with Gasteiger partial charge in [-0.05, 0) is 48.4 Å². The van der Waals surface area contributed by atoms with Crippen LogP contribution < -0.4 is 15.8 Å². The standard InChI is InChI=1S/C16H17ClN2O2/c1-11-8-13(17)4-7-15(11)19-9-12-2-5-14(6-3-12)21-10-16(18)20/h2-8,19H,9-10H2,1H3,(H2,18,20). The highest BCUT2D eigenvalue weighted by Gasteiger charge is 2.01. The van der Waals surface area contributed by atoms with Crippen LogP contribution >= 0.6 is 11.6 Å². The van der Waals surface area contributed by atoms with Crippen molar-refractivity contribution < 1.29 is 9.53 Å². The van der Waals surface area contributed by atoms with Crippen molar-refractivity contribution in [2.45, 2.75) is 13.5 Å². The van der Waals surface area contributed by atoms with Crippen LogP contribution in [0.1, 0.15) is 11.1 Å². The SMILES string of the molecule is Cc1cc(Cl)ccc1NCc1ccc(OCC(N)=O)cc1. The van der Waals surface area contributed by atoms with E-state index in [0.29, 0.717) is 12.3 Å². The molecule has 5 heteroatoms. The molecule has 2 aromatic carbocycles.